The lowest BCUT2D eigenvalue weighted by Crippen LogP contribution is -2.62. The maximum absolute atomic E-state index is 12.0. The minimum Gasteiger partial charge on any atom is -0.480 e. The molecule has 2 fully saturated rings. The molecule has 5 heteroatoms. The maximum atomic E-state index is 12.0. The largest absolute Gasteiger partial charge is 0.480 e. The number of carboxylic acids is 1. The van der Waals surface area contributed by atoms with Crippen molar-refractivity contribution in [2.75, 3.05) is 0 Å². The summed E-state index contributed by atoms with van der Waals surface area (Å²) >= 11 is 0. The van der Waals surface area contributed by atoms with E-state index in [9.17, 15) is 14.7 Å². The topological polar surface area (TPSA) is 78.4 Å². The van der Waals surface area contributed by atoms with Gasteiger partial charge < -0.3 is 15.7 Å². The monoisotopic (exact) mass is 268 g/mol. The standard InChI is InChI=1S/C14H24N2O3/c1-9-4-5-11(10(2)8-9)15-13(19)16-14(12(17)18)6-3-7-14/h9-11H,3-8H2,1-2H3,(H,17,18)(H2,15,16,19). The highest BCUT2D eigenvalue weighted by Gasteiger charge is 2.46. The fourth-order valence-corrected chi connectivity index (χ4v) is 3.22. The summed E-state index contributed by atoms with van der Waals surface area (Å²) in [5, 5.41) is 14.8. The molecule has 0 aromatic heterocycles. The molecule has 0 heterocycles. The summed E-state index contributed by atoms with van der Waals surface area (Å²) in [6.45, 7) is 4.39. The number of urea groups is 1. The van der Waals surface area contributed by atoms with Crippen molar-refractivity contribution < 1.29 is 14.7 Å². The van der Waals surface area contributed by atoms with Crippen LogP contribution in [0.4, 0.5) is 4.79 Å². The Balaban J connectivity index is 1.86. The first kappa shape index (κ1) is 14.2. The molecule has 0 saturated heterocycles. The van der Waals surface area contributed by atoms with Gasteiger partial charge in [-0.05, 0) is 50.4 Å². The number of nitrogens with one attached hydrogen (secondary N) is 2. The van der Waals surface area contributed by atoms with E-state index in [4.69, 9.17) is 0 Å². The Labute approximate surface area is 114 Å². The van der Waals surface area contributed by atoms with Gasteiger partial charge in [-0.15, -0.1) is 0 Å². The minimum absolute atomic E-state index is 0.169. The molecule has 2 rings (SSSR count). The van der Waals surface area contributed by atoms with E-state index < -0.39 is 11.5 Å². The summed E-state index contributed by atoms with van der Waals surface area (Å²) in [6, 6.07) is -0.157. The minimum atomic E-state index is -1.02. The number of carbonyl (C=O) groups excluding carboxylic acids is 1. The van der Waals surface area contributed by atoms with Gasteiger partial charge in [-0.3, -0.25) is 0 Å². The van der Waals surface area contributed by atoms with Crippen LogP contribution in [-0.4, -0.2) is 28.7 Å². The molecule has 3 unspecified atom stereocenters. The molecule has 3 N–H and O–H groups in total. The number of hydrogen-bond acceptors (Lipinski definition) is 2. The zero-order chi connectivity index (χ0) is 14.0. The normalized spacial score (nSPS) is 33.1. The van der Waals surface area contributed by atoms with Crippen LogP contribution >= 0.6 is 0 Å². The van der Waals surface area contributed by atoms with Crippen molar-refractivity contribution in [3.05, 3.63) is 0 Å². The second kappa shape index (κ2) is 5.39. The molecule has 2 aliphatic rings. The molecular weight excluding hydrogens is 244 g/mol. The van der Waals surface area contributed by atoms with Crippen LogP contribution in [-0.2, 0) is 4.79 Å². The molecule has 2 saturated carbocycles. The number of aliphatic carboxylic acids is 1. The number of amides is 2. The number of hydrogen-bond donors (Lipinski definition) is 3. The molecule has 2 amide bonds. The molecule has 0 spiro atoms. The van der Waals surface area contributed by atoms with Gasteiger partial charge in [0, 0.05) is 6.04 Å². The van der Waals surface area contributed by atoms with Crippen LogP contribution < -0.4 is 10.6 Å². The van der Waals surface area contributed by atoms with Crippen molar-refractivity contribution in [2.24, 2.45) is 11.8 Å². The van der Waals surface area contributed by atoms with Gasteiger partial charge in [0.25, 0.3) is 0 Å². The van der Waals surface area contributed by atoms with Gasteiger partial charge in [0.15, 0.2) is 0 Å². The third-order valence-electron chi connectivity index (χ3n) is 4.72. The molecule has 2 aliphatic carbocycles. The van der Waals surface area contributed by atoms with Gasteiger partial charge in [0.05, 0.1) is 0 Å². The van der Waals surface area contributed by atoms with Gasteiger partial charge in [-0.1, -0.05) is 13.8 Å². The van der Waals surface area contributed by atoms with Crippen molar-refractivity contribution >= 4 is 12.0 Å². The molecule has 3 atom stereocenters. The smallest absolute Gasteiger partial charge is 0.329 e. The van der Waals surface area contributed by atoms with Crippen molar-refractivity contribution in [3.8, 4) is 0 Å². The molecule has 0 aliphatic heterocycles. The Morgan fingerprint density at radius 2 is 1.89 bits per heavy atom. The molecule has 0 aromatic rings. The van der Waals surface area contributed by atoms with Crippen LogP contribution in [0.3, 0.4) is 0 Å². The molecule has 0 aromatic carbocycles. The van der Waals surface area contributed by atoms with Crippen molar-refractivity contribution in [2.45, 2.75) is 64.0 Å². The predicted molar refractivity (Wildman–Crippen MR) is 71.9 cm³/mol. The molecule has 5 nitrogen and oxygen atoms in total. The molecular formula is C14H24N2O3. The second-order valence-corrected chi connectivity index (χ2v) is 6.34. The van der Waals surface area contributed by atoms with Crippen molar-refractivity contribution in [1.82, 2.24) is 10.6 Å². The quantitative estimate of drug-likeness (QED) is 0.733. The van der Waals surface area contributed by atoms with Gasteiger partial charge in [0.2, 0.25) is 0 Å². The maximum Gasteiger partial charge on any atom is 0.329 e. The highest BCUT2D eigenvalue weighted by Crippen LogP contribution is 2.32. The van der Waals surface area contributed by atoms with Gasteiger partial charge in [-0.2, -0.15) is 0 Å². The average Bonchev–Trinajstić information content (AvgIpc) is 2.27. The van der Waals surface area contributed by atoms with E-state index in [0.717, 1.165) is 25.7 Å². The summed E-state index contributed by atoms with van der Waals surface area (Å²) < 4.78 is 0. The number of carboxylic acid groups (broad SMARTS) is 1. The van der Waals surface area contributed by atoms with E-state index in [0.29, 0.717) is 24.7 Å². The highest BCUT2D eigenvalue weighted by atomic mass is 16.4. The van der Waals surface area contributed by atoms with Gasteiger partial charge in [0.1, 0.15) is 5.54 Å². The number of carbonyl (C=O) groups is 2. The summed E-state index contributed by atoms with van der Waals surface area (Å²) in [5.41, 5.74) is -1.02. The van der Waals surface area contributed by atoms with Crippen LogP contribution in [0.25, 0.3) is 0 Å². The van der Waals surface area contributed by atoms with Crippen LogP contribution in [0.1, 0.15) is 52.4 Å². The van der Waals surface area contributed by atoms with E-state index in [1.54, 1.807) is 0 Å². The Morgan fingerprint density at radius 1 is 1.21 bits per heavy atom. The Morgan fingerprint density at radius 3 is 2.37 bits per heavy atom. The van der Waals surface area contributed by atoms with Crippen LogP contribution in [0.5, 0.6) is 0 Å². The van der Waals surface area contributed by atoms with E-state index in [-0.39, 0.29) is 12.1 Å². The third-order valence-corrected chi connectivity index (χ3v) is 4.72. The van der Waals surface area contributed by atoms with Crippen molar-refractivity contribution in [1.29, 1.82) is 0 Å². The summed E-state index contributed by atoms with van der Waals surface area (Å²) in [4.78, 5) is 23.2. The van der Waals surface area contributed by atoms with Crippen LogP contribution in [0.15, 0.2) is 0 Å². The Hall–Kier alpha value is -1.26. The molecule has 19 heavy (non-hydrogen) atoms. The van der Waals surface area contributed by atoms with E-state index in [1.165, 1.54) is 0 Å². The molecule has 0 bridgehead atoms. The highest BCUT2D eigenvalue weighted by molar-refractivity contribution is 5.87. The van der Waals surface area contributed by atoms with Crippen LogP contribution in [0, 0.1) is 11.8 Å². The second-order valence-electron chi connectivity index (χ2n) is 6.34. The number of rotatable bonds is 3. The summed E-state index contributed by atoms with van der Waals surface area (Å²) in [6.07, 6.45) is 5.16. The zero-order valence-electron chi connectivity index (χ0n) is 11.7. The first-order chi connectivity index (χ1) is 8.93. The third kappa shape index (κ3) is 3.01. The van der Waals surface area contributed by atoms with Gasteiger partial charge in [-0.25, -0.2) is 9.59 Å². The summed E-state index contributed by atoms with van der Waals surface area (Å²) in [5.74, 6) is 0.254. The SMILES string of the molecule is CC1CCC(NC(=O)NC2(C(=O)O)CCC2)C(C)C1. The average molecular weight is 268 g/mol. The first-order valence-corrected chi connectivity index (χ1v) is 7.25. The fourth-order valence-electron chi connectivity index (χ4n) is 3.22. The lowest BCUT2D eigenvalue weighted by Gasteiger charge is -2.39. The Bertz CT molecular complexity index is 366. The molecule has 108 valence electrons. The van der Waals surface area contributed by atoms with E-state index >= 15 is 0 Å². The predicted octanol–water partition coefficient (Wildman–Crippen LogP) is 2.12. The zero-order valence-corrected chi connectivity index (χ0v) is 11.7. The molecule has 0 radical (unpaired) electrons. The lowest BCUT2D eigenvalue weighted by atomic mass is 9.77. The first-order valence-electron chi connectivity index (χ1n) is 7.25. The van der Waals surface area contributed by atoms with E-state index in [2.05, 4.69) is 24.5 Å². The van der Waals surface area contributed by atoms with Crippen LogP contribution in [0.2, 0.25) is 0 Å². The fraction of sp³-hybridized carbons (Fsp3) is 0.857. The lowest BCUT2D eigenvalue weighted by molar-refractivity contribution is -0.148. The van der Waals surface area contributed by atoms with E-state index in [1.807, 2.05) is 0 Å². The van der Waals surface area contributed by atoms with Crippen molar-refractivity contribution in [3.63, 3.8) is 0 Å². The summed E-state index contributed by atoms with van der Waals surface area (Å²) in [7, 11) is 0. The Kier molecular flexibility index (Phi) is 4.02. The van der Waals surface area contributed by atoms with Gasteiger partial charge >= 0.3 is 12.0 Å².